The minimum Gasteiger partial charge on any atom is -0.508 e. The van der Waals surface area contributed by atoms with Crippen LogP contribution in [0, 0.1) is 6.92 Å². The molecular formula is C14H21NO3. The van der Waals surface area contributed by atoms with Gasteiger partial charge in [-0.2, -0.15) is 0 Å². The zero-order valence-corrected chi connectivity index (χ0v) is 11.1. The first-order valence-electron chi connectivity index (χ1n) is 6.24. The second kappa shape index (κ2) is 6.40. The Morgan fingerprint density at radius 3 is 2.67 bits per heavy atom. The summed E-state index contributed by atoms with van der Waals surface area (Å²) in [5.41, 5.74) is 1.77. The van der Waals surface area contributed by atoms with E-state index in [2.05, 4.69) is 5.32 Å². The highest BCUT2D eigenvalue weighted by atomic mass is 16.4. The second-order valence-corrected chi connectivity index (χ2v) is 4.63. The van der Waals surface area contributed by atoms with E-state index in [0.717, 1.165) is 17.5 Å². The molecule has 0 aliphatic carbocycles. The summed E-state index contributed by atoms with van der Waals surface area (Å²) in [6.45, 7) is 5.75. The summed E-state index contributed by atoms with van der Waals surface area (Å²) in [5.74, 6) is -0.655. The number of hydrogen-bond donors (Lipinski definition) is 3. The molecule has 1 aromatic carbocycles. The molecule has 0 spiro atoms. The first-order chi connectivity index (χ1) is 8.45. The molecule has 0 amide bonds. The van der Waals surface area contributed by atoms with Crippen LogP contribution in [-0.2, 0) is 4.79 Å². The Morgan fingerprint density at radius 1 is 1.44 bits per heavy atom. The number of carboxylic acid groups (broad SMARTS) is 1. The Balaban J connectivity index is 2.83. The number of nitrogens with one attached hydrogen (secondary N) is 1. The van der Waals surface area contributed by atoms with Gasteiger partial charge in [0.15, 0.2) is 0 Å². The van der Waals surface area contributed by atoms with Crippen LogP contribution in [0.1, 0.15) is 43.9 Å². The third kappa shape index (κ3) is 3.74. The number of phenolic OH excluding ortho intramolecular Hbond substituents is 1. The second-order valence-electron chi connectivity index (χ2n) is 4.63. The van der Waals surface area contributed by atoms with Crippen LogP contribution in [0.25, 0.3) is 0 Å². The molecule has 0 aromatic heterocycles. The van der Waals surface area contributed by atoms with Crippen molar-refractivity contribution in [1.29, 1.82) is 0 Å². The van der Waals surface area contributed by atoms with Crippen molar-refractivity contribution in [2.75, 3.05) is 0 Å². The Kier molecular flexibility index (Phi) is 5.16. The number of phenols is 1. The van der Waals surface area contributed by atoms with Crippen molar-refractivity contribution in [3.05, 3.63) is 29.3 Å². The molecule has 0 aliphatic rings. The first-order valence-corrected chi connectivity index (χ1v) is 6.24. The van der Waals surface area contributed by atoms with E-state index in [1.807, 2.05) is 32.9 Å². The summed E-state index contributed by atoms with van der Waals surface area (Å²) < 4.78 is 0. The topological polar surface area (TPSA) is 69.6 Å². The van der Waals surface area contributed by atoms with E-state index >= 15 is 0 Å². The smallest absolute Gasteiger partial charge is 0.320 e. The van der Waals surface area contributed by atoms with Gasteiger partial charge >= 0.3 is 5.97 Å². The van der Waals surface area contributed by atoms with E-state index in [0.29, 0.717) is 6.42 Å². The van der Waals surface area contributed by atoms with Gasteiger partial charge in [-0.1, -0.05) is 31.0 Å². The largest absolute Gasteiger partial charge is 0.508 e. The predicted octanol–water partition coefficient (Wildman–Crippen LogP) is 2.60. The minimum atomic E-state index is -0.851. The van der Waals surface area contributed by atoms with Crippen LogP contribution in [0.2, 0.25) is 0 Å². The van der Waals surface area contributed by atoms with E-state index in [1.165, 1.54) is 0 Å². The molecule has 0 radical (unpaired) electrons. The fourth-order valence-electron chi connectivity index (χ4n) is 1.98. The summed E-state index contributed by atoms with van der Waals surface area (Å²) in [4.78, 5) is 11.1. The fourth-order valence-corrected chi connectivity index (χ4v) is 1.98. The molecule has 2 unspecified atom stereocenters. The third-order valence-corrected chi connectivity index (χ3v) is 2.98. The molecule has 0 heterocycles. The van der Waals surface area contributed by atoms with Crippen molar-refractivity contribution in [3.63, 3.8) is 0 Å². The maximum absolute atomic E-state index is 11.1. The highest BCUT2D eigenvalue weighted by Gasteiger charge is 2.20. The lowest BCUT2D eigenvalue weighted by Gasteiger charge is -2.21. The molecule has 2 atom stereocenters. The van der Waals surface area contributed by atoms with Gasteiger partial charge in [-0.05, 0) is 26.3 Å². The van der Waals surface area contributed by atoms with E-state index in [4.69, 9.17) is 5.11 Å². The van der Waals surface area contributed by atoms with Gasteiger partial charge in [0.2, 0.25) is 0 Å². The van der Waals surface area contributed by atoms with Gasteiger partial charge in [0.25, 0.3) is 0 Å². The van der Waals surface area contributed by atoms with Crippen LogP contribution in [0.15, 0.2) is 18.2 Å². The Hall–Kier alpha value is -1.55. The van der Waals surface area contributed by atoms with Gasteiger partial charge < -0.3 is 10.2 Å². The minimum absolute atomic E-state index is 0.196. The molecule has 0 saturated carbocycles. The molecule has 0 saturated heterocycles. The van der Waals surface area contributed by atoms with Gasteiger partial charge in [-0.25, -0.2) is 0 Å². The number of carbonyl (C=O) groups is 1. The molecule has 3 N–H and O–H groups in total. The molecule has 0 aliphatic heterocycles. The predicted molar refractivity (Wildman–Crippen MR) is 70.7 cm³/mol. The lowest BCUT2D eigenvalue weighted by Crippen LogP contribution is -2.38. The van der Waals surface area contributed by atoms with Crippen molar-refractivity contribution in [2.45, 2.75) is 45.7 Å². The average molecular weight is 251 g/mol. The monoisotopic (exact) mass is 251 g/mol. The summed E-state index contributed by atoms with van der Waals surface area (Å²) in [6, 6.07) is 4.56. The normalized spacial score (nSPS) is 14.2. The summed E-state index contributed by atoms with van der Waals surface area (Å²) in [5, 5.41) is 21.9. The van der Waals surface area contributed by atoms with E-state index in [9.17, 15) is 9.90 Å². The molecule has 0 fully saturated rings. The van der Waals surface area contributed by atoms with Crippen molar-refractivity contribution < 1.29 is 15.0 Å². The lowest BCUT2D eigenvalue weighted by molar-refractivity contribution is -0.139. The van der Waals surface area contributed by atoms with E-state index in [-0.39, 0.29) is 11.8 Å². The van der Waals surface area contributed by atoms with Gasteiger partial charge in [-0.15, -0.1) is 0 Å². The number of rotatable bonds is 6. The highest BCUT2D eigenvalue weighted by Crippen LogP contribution is 2.25. The molecule has 0 bridgehead atoms. The van der Waals surface area contributed by atoms with Gasteiger partial charge in [0.1, 0.15) is 11.8 Å². The van der Waals surface area contributed by atoms with E-state index in [1.54, 1.807) is 6.07 Å². The Morgan fingerprint density at radius 2 is 2.11 bits per heavy atom. The van der Waals surface area contributed by atoms with Crippen molar-refractivity contribution >= 4 is 5.97 Å². The first kappa shape index (κ1) is 14.5. The van der Waals surface area contributed by atoms with Gasteiger partial charge in [0.05, 0.1) is 0 Å². The number of aromatic hydroxyl groups is 1. The van der Waals surface area contributed by atoms with Crippen LogP contribution < -0.4 is 5.32 Å². The number of aliphatic carboxylic acids is 1. The molecule has 100 valence electrons. The van der Waals surface area contributed by atoms with Crippen molar-refractivity contribution in [3.8, 4) is 5.75 Å². The van der Waals surface area contributed by atoms with Crippen molar-refractivity contribution in [2.24, 2.45) is 0 Å². The SMILES string of the molecule is CCCC(NC(C)c1cc(C)ccc1O)C(=O)O. The molecule has 1 aromatic rings. The maximum atomic E-state index is 11.1. The number of benzene rings is 1. The van der Waals surface area contributed by atoms with Crippen LogP contribution in [-0.4, -0.2) is 22.2 Å². The molecule has 4 nitrogen and oxygen atoms in total. The molecule has 18 heavy (non-hydrogen) atoms. The zero-order chi connectivity index (χ0) is 13.7. The van der Waals surface area contributed by atoms with Crippen LogP contribution >= 0.6 is 0 Å². The highest BCUT2D eigenvalue weighted by molar-refractivity contribution is 5.73. The summed E-state index contributed by atoms with van der Waals surface area (Å²) >= 11 is 0. The zero-order valence-electron chi connectivity index (χ0n) is 11.1. The summed E-state index contributed by atoms with van der Waals surface area (Å²) in [6.07, 6.45) is 1.38. The fraction of sp³-hybridized carbons (Fsp3) is 0.500. The van der Waals surface area contributed by atoms with Crippen LogP contribution in [0.5, 0.6) is 5.75 Å². The third-order valence-electron chi connectivity index (χ3n) is 2.98. The van der Waals surface area contributed by atoms with Gasteiger partial charge in [0, 0.05) is 11.6 Å². The molecule has 4 heteroatoms. The average Bonchev–Trinajstić information content (AvgIpc) is 2.31. The lowest BCUT2D eigenvalue weighted by atomic mass is 10.0. The molecule has 1 rings (SSSR count). The quantitative estimate of drug-likeness (QED) is 0.727. The standard InChI is InChI=1S/C14H21NO3/c1-4-5-12(14(17)18)15-10(3)11-8-9(2)6-7-13(11)16/h6-8,10,12,15-16H,4-5H2,1-3H3,(H,17,18). The van der Waals surface area contributed by atoms with Gasteiger partial charge in [-0.3, -0.25) is 10.1 Å². The Bertz CT molecular complexity index is 418. The number of hydrogen-bond acceptors (Lipinski definition) is 3. The van der Waals surface area contributed by atoms with Crippen LogP contribution in [0.3, 0.4) is 0 Å². The maximum Gasteiger partial charge on any atom is 0.320 e. The number of carboxylic acids is 1. The van der Waals surface area contributed by atoms with E-state index < -0.39 is 12.0 Å². The summed E-state index contributed by atoms with van der Waals surface area (Å²) in [7, 11) is 0. The van der Waals surface area contributed by atoms with Crippen LogP contribution in [0.4, 0.5) is 0 Å². The number of aryl methyl sites for hydroxylation is 1. The van der Waals surface area contributed by atoms with Crippen molar-refractivity contribution in [1.82, 2.24) is 5.32 Å². The Labute approximate surface area is 108 Å². The molecular weight excluding hydrogens is 230 g/mol.